The Kier molecular flexibility index (Phi) is 6.37. The molecular formula is C21H30NO4S2+. The molecule has 0 aromatic heterocycles. The van der Waals surface area contributed by atoms with Gasteiger partial charge in [-0.3, -0.25) is 9.59 Å². The molecule has 5 nitrogen and oxygen atoms in total. The molecule has 4 unspecified atom stereocenters. The molecule has 0 N–H and O–H groups in total. The van der Waals surface area contributed by atoms with Gasteiger partial charge in [-0.15, -0.1) is 0 Å². The van der Waals surface area contributed by atoms with Crippen LogP contribution in [0.2, 0.25) is 0 Å². The number of thioether (sulfide) groups is 1. The van der Waals surface area contributed by atoms with Crippen LogP contribution in [0.15, 0.2) is 29.2 Å². The molecule has 0 aliphatic carbocycles. The zero-order valence-corrected chi connectivity index (χ0v) is 18.5. The second-order valence-corrected chi connectivity index (χ2v) is 11.5. The maximum atomic E-state index is 13.2. The molecule has 7 heteroatoms. The molecule has 2 aliphatic rings. The molecule has 0 saturated carbocycles. The number of hydrogen-bond donors (Lipinski definition) is 0. The Hall–Kier alpha value is -1.18. The lowest BCUT2D eigenvalue weighted by Crippen LogP contribution is -2.61. The predicted molar refractivity (Wildman–Crippen MR) is 112 cm³/mol. The second kappa shape index (κ2) is 8.28. The second-order valence-electron chi connectivity index (χ2n) is 8.20. The first-order valence-corrected chi connectivity index (χ1v) is 13.0. The maximum absolute atomic E-state index is 13.2. The normalized spacial score (nSPS) is 30.9. The van der Waals surface area contributed by atoms with E-state index in [9.17, 15) is 18.0 Å². The summed E-state index contributed by atoms with van der Waals surface area (Å²) < 4.78 is 24.0. The van der Waals surface area contributed by atoms with Gasteiger partial charge >= 0.3 is 0 Å². The summed E-state index contributed by atoms with van der Waals surface area (Å²) in [5.74, 6) is 0.559. The highest BCUT2D eigenvalue weighted by molar-refractivity contribution is 8.01. The Bertz CT molecular complexity index is 844. The zero-order chi connectivity index (χ0) is 20.5. The third kappa shape index (κ3) is 4.07. The van der Waals surface area contributed by atoms with E-state index in [1.165, 1.54) is 6.26 Å². The average molecular weight is 425 g/mol. The SMILES string of the molecule is CC[N+]1(C)C(C(=O)C(=O)C2CCCS2)CCCC1c1ccc(S(C)(=O)=O)cc1. The van der Waals surface area contributed by atoms with E-state index in [0.29, 0.717) is 9.38 Å². The molecule has 0 spiro atoms. The van der Waals surface area contributed by atoms with Gasteiger partial charge < -0.3 is 4.48 Å². The molecule has 2 saturated heterocycles. The number of likely N-dealkylation sites (N-methyl/N-ethyl adjacent to an activating group) is 1. The van der Waals surface area contributed by atoms with Crippen LogP contribution in [0.25, 0.3) is 0 Å². The first-order chi connectivity index (χ1) is 13.2. The zero-order valence-electron chi connectivity index (χ0n) is 16.9. The molecule has 0 bridgehead atoms. The number of sulfone groups is 1. The number of carbonyl (C=O) groups excluding carboxylic acids is 2. The molecule has 2 aliphatic heterocycles. The van der Waals surface area contributed by atoms with E-state index in [-0.39, 0.29) is 28.9 Å². The van der Waals surface area contributed by atoms with Gasteiger partial charge in [-0.25, -0.2) is 8.42 Å². The summed E-state index contributed by atoms with van der Waals surface area (Å²) >= 11 is 1.62. The maximum Gasteiger partial charge on any atom is 0.256 e. The van der Waals surface area contributed by atoms with E-state index in [1.54, 1.807) is 23.9 Å². The Morgan fingerprint density at radius 1 is 1.07 bits per heavy atom. The Morgan fingerprint density at radius 2 is 1.75 bits per heavy atom. The van der Waals surface area contributed by atoms with Crippen LogP contribution in [0.5, 0.6) is 0 Å². The third-order valence-corrected chi connectivity index (χ3v) is 9.03. The first-order valence-electron chi connectivity index (χ1n) is 10.0. The molecule has 4 atom stereocenters. The fourth-order valence-electron chi connectivity index (χ4n) is 4.70. The summed E-state index contributed by atoms with van der Waals surface area (Å²) in [6.07, 6.45) is 5.59. The van der Waals surface area contributed by atoms with Gasteiger partial charge in [0.05, 0.1) is 23.7 Å². The Morgan fingerprint density at radius 3 is 2.29 bits per heavy atom. The quantitative estimate of drug-likeness (QED) is 0.518. The Labute approximate surface area is 172 Å². The number of nitrogens with zero attached hydrogens (tertiary/aromatic N) is 1. The summed E-state index contributed by atoms with van der Waals surface area (Å²) in [4.78, 5) is 26.3. The molecule has 28 heavy (non-hydrogen) atoms. The van der Waals surface area contributed by atoms with Crippen LogP contribution in [0.4, 0.5) is 0 Å². The molecule has 2 heterocycles. The van der Waals surface area contributed by atoms with Crippen molar-refractivity contribution >= 4 is 33.2 Å². The summed E-state index contributed by atoms with van der Waals surface area (Å²) in [6.45, 7) is 2.82. The van der Waals surface area contributed by atoms with Crippen molar-refractivity contribution in [1.82, 2.24) is 0 Å². The van der Waals surface area contributed by atoms with E-state index < -0.39 is 9.84 Å². The lowest BCUT2D eigenvalue weighted by atomic mass is 9.85. The number of rotatable bonds is 6. The van der Waals surface area contributed by atoms with Gasteiger partial charge in [0.1, 0.15) is 6.04 Å². The van der Waals surface area contributed by atoms with Gasteiger partial charge in [-0.2, -0.15) is 11.8 Å². The van der Waals surface area contributed by atoms with Crippen molar-refractivity contribution in [2.45, 2.75) is 61.3 Å². The monoisotopic (exact) mass is 424 g/mol. The number of likely N-dealkylation sites (tertiary alicyclic amines) is 1. The van der Waals surface area contributed by atoms with Gasteiger partial charge in [0.25, 0.3) is 5.78 Å². The van der Waals surface area contributed by atoms with Crippen LogP contribution >= 0.6 is 11.8 Å². The molecule has 0 amide bonds. The summed E-state index contributed by atoms with van der Waals surface area (Å²) in [5, 5.41) is -0.160. The highest BCUT2D eigenvalue weighted by atomic mass is 32.2. The van der Waals surface area contributed by atoms with Gasteiger partial charge in [0.15, 0.2) is 15.9 Å². The number of hydrogen-bond acceptors (Lipinski definition) is 5. The molecule has 1 aromatic carbocycles. The van der Waals surface area contributed by atoms with Crippen LogP contribution < -0.4 is 0 Å². The van der Waals surface area contributed by atoms with E-state index in [0.717, 1.165) is 50.0 Å². The van der Waals surface area contributed by atoms with Crippen LogP contribution in [0.1, 0.15) is 50.6 Å². The fraction of sp³-hybridized carbons (Fsp3) is 0.619. The number of piperidine rings is 1. The van der Waals surface area contributed by atoms with Gasteiger partial charge in [-0.1, -0.05) is 12.1 Å². The van der Waals surface area contributed by atoms with Crippen LogP contribution in [-0.4, -0.2) is 61.4 Å². The van der Waals surface area contributed by atoms with Crippen molar-refractivity contribution in [1.29, 1.82) is 0 Å². The highest BCUT2D eigenvalue weighted by Gasteiger charge is 2.49. The van der Waals surface area contributed by atoms with Crippen molar-refractivity contribution in [3.63, 3.8) is 0 Å². The standard InChI is InChI=1S/C21H30NO4S2/c1-4-22(2)17(15-10-12-16(13-11-15)28(3,25)26)7-5-8-18(22)20(23)21(24)19-9-6-14-27-19/h10-13,17-19H,4-9,14H2,1-3H3/q+1. The fourth-order valence-corrected chi connectivity index (χ4v) is 6.55. The predicted octanol–water partition coefficient (Wildman–Crippen LogP) is 3.18. The Balaban J connectivity index is 1.88. The number of carbonyl (C=O) groups is 2. The van der Waals surface area contributed by atoms with Crippen molar-refractivity contribution in [3.05, 3.63) is 29.8 Å². The van der Waals surface area contributed by atoms with Gasteiger partial charge in [0, 0.05) is 24.7 Å². The van der Waals surface area contributed by atoms with E-state index in [1.807, 2.05) is 12.1 Å². The van der Waals surface area contributed by atoms with Crippen molar-refractivity contribution in [3.8, 4) is 0 Å². The minimum atomic E-state index is -3.24. The number of benzene rings is 1. The van der Waals surface area contributed by atoms with E-state index in [2.05, 4.69) is 14.0 Å². The molecule has 2 fully saturated rings. The molecule has 0 radical (unpaired) electrons. The summed E-state index contributed by atoms with van der Waals surface area (Å²) in [7, 11) is -1.16. The number of quaternary nitrogens is 1. The van der Waals surface area contributed by atoms with Gasteiger partial charge in [-0.05, 0) is 44.1 Å². The van der Waals surface area contributed by atoms with Crippen LogP contribution in [0.3, 0.4) is 0 Å². The minimum absolute atomic E-state index is 0.0883. The minimum Gasteiger partial charge on any atom is -0.311 e. The molecular weight excluding hydrogens is 394 g/mol. The van der Waals surface area contributed by atoms with Crippen molar-refractivity contribution < 1.29 is 22.5 Å². The van der Waals surface area contributed by atoms with E-state index in [4.69, 9.17) is 0 Å². The molecule has 3 rings (SSSR count). The van der Waals surface area contributed by atoms with E-state index >= 15 is 0 Å². The summed E-state index contributed by atoms with van der Waals surface area (Å²) in [6, 6.07) is 6.81. The lowest BCUT2D eigenvalue weighted by Gasteiger charge is -2.49. The highest BCUT2D eigenvalue weighted by Crippen LogP contribution is 2.41. The molecule has 1 aromatic rings. The summed E-state index contributed by atoms with van der Waals surface area (Å²) in [5.41, 5.74) is 1.04. The van der Waals surface area contributed by atoms with Crippen LogP contribution in [0, 0.1) is 0 Å². The third-order valence-electron chi connectivity index (χ3n) is 6.52. The number of ketones is 2. The smallest absolute Gasteiger partial charge is 0.256 e. The number of Topliss-reactive ketones (excluding diaryl/α,β-unsaturated/α-hetero) is 2. The lowest BCUT2D eigenvalue weighted by molar-refractivity contribution is -0.957. The van der Waals surface area contributed by atoms with Crippen molar-refractivity contribution in [2.24, 2.45) is 0 Å². The largest absolute Gasteiger partial charge is 0.311 e. The van der Waals surface area contributed by atoms with Crippen molar-refractivity contribution in [2.75, 3.05) is 25.6 Å². The average Bonchev–Trinajstić information content (AvgIpc) is 3.21. The topological polar surface area (TPSA) is 68.3 Å². The van der Waals surface area contributed by atoms with Crippen LogP contribution in [-0.2, 0) is 19.4 Å². The van der Waals surface area contributed by atoms with Gasteiger partial charge in [0.2, 0.25) is 5.78 Å². The molecule has 154 valence electrons. The first kappa shape index (κ1) is 21.5.